The van der Waals surface area contributed by atoms with Gasteiger partial charge in [0.05, 0.1) is 55.5 Å². The molecular weight excluding hydrogens is 1000 g/mol. The Morgan fingerprint density at radius 3 is 0.659 bits per heavy atom. The lowest BCUT2D eigenvalue weighted by Gasteiger charge is -2.16. The number of fused-ring (bicyclic) bond motifs is 12. The molecule has 0 unspecified atom stereocenters. The maximum Gasteiger partial charge on any atom is 0.337 e. The van der Waals surface area contributed by atoms with Crippen LogP contribution < -0.4 is 5.69 Å². The summed E-state index contributed by atoms with van der Waals surface area (Å²) in [5.41, 5.74) is 18.7. The minimum Gasteiger partial charge on any atom is -0.309 e. The highest BCUT2D eigenvalue weighted by molar-refractivity contribution is 6.13. The van der Waals surface area contributed by atoms with E-state index in [-0.39, 0.29) is 5.69 Å². The van der Waals surface area contributed by atoms with Crippen molar-refractivity contribution in [2.24, 2.45) is 0 Å². The van der Waals surface area contributed by atoms with E-state index in [1.165, 1.54) is 43.1 Å². The quantitative estimate of drug-likeness (QED) is 0.150. The molecular formula is C75H48N6O. The molecule has 0 aliphatic rings. The fraction of sp³-hybridized carbons (Fsp3) is 0. The molecule has 17 aromatic rings. The Hall–Kier alpha value is -11.2. The van der Waals surface area contributed by atoms with Crippen LogP contribution in [-0.2, 0) is 0 Å². The van der Waals surface area contributed by atoms with Gasteiger partial charge >= 0.3 is 5.69 Å². The highest BCUT2D eigenvalue weighted by Crippen LogP contribution is 2.41. The van der Waals surface area contributed by atoms with E-state index in [1.807, 2.05) is 24.5 Å². The molecule has 0 radical (unpaired) electrons. The second kappa shape index (κ2) is 17.9. The van der Waals surface area contributed by atoms with Crippen LogP contribution in [0.5, 0.6) is 0 Å². The lowest BCUT2D eigenvalue weighted by Crippen LogP contribution is -2.21. The highest BCUT2D eigenvalue weighted by Gasteiger charge is 2.21. The van der Waals surface area contributed by atoms with Gasteiger partial charge in [-0.1, -0.05) is 170 Å². The first kappa shape index (κ1) is 45.8. The van der Waals surface area contributed by atoms with Crippen LogP contribution in [0.3, 0.4) is 0 Å². The van der Waals surface area contributed by atoms with E-state index >= 15 is 4.79 Å². The van der Waals surface area contributed by atoms with Gasteiger partial charge in [0.1, 0.15) is 0 Å². The molecule has 7 nitrogen and oxygen atoms in total. The molecule has 0 N–H and O–H groups in total. The van der Waals surface area contributed by atoms with Gasteiger partial charge in [-0.2, -0.15) is 0 Å². The van der Waals surface area contributed by atoms with E-state index in [2.05, 4.69) is 285 Å². The average molecular weight is 1050 g/mol. The van der Waals surface area contributed by atoms with Crippen LogP contribution in [0.1, 0.15) is 0 Å². The maximum absolute atomic E-state index is 15.0. The van der Waals surface area contributed by atoms with Crippen LogP contribution in [0, 0.1) is 0 Å². The van der Waals surface area contributed by atoms with E-state index in [1.54, 1.807) is 9.13 Å². The first-order valence-corrected chi connectivity index (χ1v) is 27.9. The standard InChI is InChI=1S/C75H48N6O/c82-75-76(53-21-17-19-49(41-53)51-43-55(78-67-31-9-1-23-59(67)60-24-2-10-32-68(60)78)47-56(44-51)79-69-33-11-3-25-61(69)62-26-4-12-34-70(62)79)39-40-77(75)54-22-18-20-50(42-54)52-45-57(80-71-35-13-5-27-63(71)64-28-6-14-36-72(64)80)48-58(46-52)81-73-37-15-7-29-65(73)66-30-8-16-38-74(66)81/h1-48H. The molecule has 0 fully saturated rings. The summed E-state index contributed by atoms with van der Waals surface area (Å²) in [6.45, 7) is 0. The lowest BCUT2D eigenvalue weighted by molar-refractivity contribution is 0.909. The number of para-hydroxylation sites is 8. The fourth-order valence-corrected chi connectivity index (χ4v) is 13.3. The third-order valence-electron chi connectivity index (χ3n) is 16.9. The van der Waals surface area contributed by atoms with E-state index in [0.717, 1.165) is 101 Å². The molecule has 384 valence electrons. The van der Waals surface area contributed by atoms with Crippen molar-refractivity contribution in [3.8, 4) is 56.4 Å². The largest absolute Gasteiger partial charge is 0.337 e. The van der Waals surface area contributed by atoms with Crippen LogP contribution >= 0.6 is 0 Å². The Morgan fingerprint density at radius 2 is 0.415 bits per heavy atom. The molecule has 0 aliphatic heterocycles. The van der Waals surface area contributed by atoms with Gasteiger partial charge in [-0.15, -0.1) is 0 Å². The number of imidazole rings is 1. The summed E-state index contributed by atoms with van der Waals surface area (Å²) in [5, 5.41) is 9.63. The zero-order valence-electron chi connectivity index (χ0n) is 44.3. The number of hydrogen-bond donors (Lipinski definition) is 0. The Morgan fingerprint density at radius 1 is 0.195 bits per heavy atom. The molecule has 0 bridgehead atoms. The molecule has 0 saturated heterocycles. The molecule has 7 heteroatoms. The number of benzene rings is 12. The van der Waals surface area contributed by atoms with Crippen molar-refractivity contribution in [3.05, 3.63) is 302 Å². The van der Waals surface area contributed by atoms with E-state index in [9.17, 15) is 0 Å². The number of rotatable bonds is 8. The Labute approximate surface area is 470 Å². The second-order valence-corrected chi connectivity index (χ2v) is 21.4. The fourth-order valence-electron chi connectivity index (χ4n) is 13.3. The topological polar surface area (TPSA) is 46.6 Å². The smallest absolute Gasteiger partial charge is 0.309 e. The van der Waals surface area contributed by atoms with Gasteiger partial charge in [-0.25, -0.2) is 4.79 Å². The van der Waals surface area contributed by atoms with Crippen molar-refractivity contribution in [1.29, 1.82) is 0 Å². The summed E-state index contributed by atoms with van der Waals surface area (Å²) >= 11 is 0. The lowest BCUT2D eigenvalue weighted by atomic mass is 10.0. The molecule has 0 aliphatic carbocycles. The van der Waals surface area contributed by atoms with Gasteiger partial charge in [-0.3, -0.25) is 9.13 Å². The summed E-state index contributed by atoms with van der Waals surface area (Å²) in [5.74, 6) is 0. The Balaban J connectivity index is 0.806. The number of nitrogens with zero attached hydrogens (tertiary/aromatic N) is 6. The summed E-state index contributed by atoms with van der Waals surface area (Å²) in [6, 6.07) is 99.8. The van der Waals surface area contributed by atoms with Crippen molar-refractivity contribution in [1.82, 2.24) is 27.4 Å². The zero-order valence-corrected chi connectivity index (χ0v) is 44.3. The van der Waals surface area contributed by atoms with Gasteiger partial charge in [-0.05, 0) is 131 Å². The minimum absolute atomic E-state index is 0.163. The van der Waals surface area contributed by atoms with E-state index in [0.29, 0.717) is 0 Å². The zero-order chi connectivity index (χ0) is 54.0. The molecule has 82 heavy (non-hydrogen) atoms. The van der Waals surface area contributed by atoms with Crippen molar-refractivity contribution >= 4 is 87.2 Å². The third kappa shape index (κ3) is 6.93. The first-order chi connectivity index (χ1) is 40.6. The van der Waals surface area contributed by atoms with Gasteiger partial charge in [0, 0.05) is 78.2 Å². The predicted molar refractivity (Wildman–Crippen MR) is 340 cm³/mol. The van der Waals surface area contributed by atoms with Crippen LogP contribution in [0.25, 0.3) is 144 Å². The van der Waals surface area contributed by atoms with Crippen LogP contribution in [0.2, 0.25) is 0 Å². The summed E-state index contributed by atoms with van der Waals surface area (Å²) in [7, 11) is 0. The highest BCUT2D eigenvalue weighted by atomic mass is 16.1. The monoisotopic (exact) mass is 1050 g/mol. The molecule has 12 aromatic carbocycles. The minimum atomic E-state index is -0.163. The summed E-state index contributed by atoms with van der Waals surface area (Å²) < 4.78 is 13.1. The normalized spacial score (nSPS) is 12.0. The van der Waals surface area contributed by atoms with Gasteiger partial charge in [0.2, 0.25) is 0 Å². The van der Waals surface area contributed by atoms with Crippen molar-refractivity contribution in [2.75, 3.05) is 0 Å². The van der Waals surface area contributed by atoms with Gasteiger partial charge in [0.25, 0.3) is 0 Å². The van der Waals surface area contributed by atoms with Crippen molar-refractivity contribution in [3.63, 3.8) is 0 Å². The number of aromatic nitrogens is 6. The Bertz CT molecular complexity index is 4700. The predicted octanol–water partition coefficient (Wildman–Crippen LogP) is 18.4. The Kier molecular flexibility index (Phi) is 10.0. The second-order valence-electron chi connectivity index (χ2n) is 21.4. The van der Waals surface area contributed by atoms with Gasteiger partial charge < -0.3 is 18.3 Å². The molecule has 0 amide bonds. The van der Waals surface area contributed by atoms with Crippen LogP contribution in [-0.4, -0.2) is 27.4 Å². The SMILES string of the molecule is O=c1n(-c2cccc(-c3cc(-n4c5ccccc5c5ccccc54)cc(-n4c5ccccc5c5ccccc54)c3)c2)ccn1-c1cccc(-c2cc(-n3c4ccccc4c4ccccc43)cc(-n3c4ccccc4c4ccccc43)c2)c1. The summed E-state index contributed by atoms with van der Waals surface area (Å²) in [4.78, 5) is 15.0. The van der Waals surface area contributed by atoms with E-state index in [4.69, 9.17) is 0 Å². The molecule has 17 rings (SSSR count). The molecule has 0 saturated carbocycles. The average Bonchev–Trinajstić information content (AvgIpc) is 3.61. The van der Waals surface area contributed by atoms with Crippen LogP contribution in [0.4, 0.5) is 0 Å². The first-order valence-electron chi connectivity index (χ1n) is 27.9. The number of hydrogen-bond acceptors (Lipinski definition) is 1. The van der Waals surface area contributed by atoms with Crippen molar-refractivity contribution in [2.45, 2.75) is 0 Å². The molecule has 5 aromatic heterocycles. The third-order valence-corrected chi connectivity index (χ3v) is 16.9. The van der Waals surface area contributed by atoms with E-state index < -0.39 is 0 Å². The molecule has 0 atom stereocenters. The van der Waals surface area contributed by atoms with Crippen molar-refractivity contribution < 1.29 is 0 Å². The van der Waals surface area contributed by atoms with Gasteiger partial charge in [0.15, 0.2) is 0 Å². The molecule has 0 spiro atoms. The maximum atomic E-state index is 15.0. The molecule has 5 heterocycles. The van der Waals surface area contributed by atoms with Crippen LogP contribution in [0.15, 0.2) is 296 Å². The summed E-state index contributed by atoms with van der Waals surface area (Å²) in [6.07, 6.45) is 3.77.